The summed E-state index contributed by atoms with van der Waals surface area (Å²) in [5.74, 6) is 0.930. The predicted octanol–water partition coefficient (Wildman–Crippen LogP) is 4.14. The molecule has 0 radical (unpaired) electrons. The van der Waals surface area contributed by atoms with Gasteiger partial charge in [-0.1, -0.05) is 23.8 Å². The zero-order valence-electron chi connectivity index (χ0n) is 11.6. The third kappa shape index (κ3) is 4.92. The predicted molar refractivity (Wildman–Crippen MR) is 77.9 cm³/mol. The second-order valence-electron chi connectivity index (χ2n) is 4.82. The van der Waals surface area contributed by atoms with Gasteiger partial charge in [0.05, 0.1) is 6.61 Å². The highest BCUT2D eigenvalue weighted by Gasteiger charge is 2.08. The van der Waals surface area contributed by atoms with E-state index >= 15 is 0 Å². The van der Waals surface area contributed by atoms with E-state index in [0.717, 1.165) is 30.8 Å². The van der Waals surface area contributed by atoms with Crippen LogP contribution in [0.5, 0.6) is 5.75 Å². The number of aryl methyl sites for hydroxylation is 1. The minimum Gasteiger partial charge on any atom is -0.493 e. The number of nitrogens with two attached hydrogens (primary N) is 1. The number of hydrogen-bond acceptors (Lipinski definition) is 2. The first-order valence-corrected chi connectivity index (χ1v) is 6.75. The topological polar surface area (TPSA) is 35.2 Å². The number of ether oxygens (including phenoxy) is 1. The van der Waals surface area contributed by atoms with Gasteiger partial charge in [0.15, 0.2) is 0 Å². The van der Waals surface area contributed by atoms with Gasteiger partial charge in [-0.2, -0.15) is 0 Å². The Morgan fingerprint density at radius 1 is 1.33 bits per heavy atom. The minimum absolute atomic E-state index is 0.0145. The van der Waals surface area contributed by atoms with Crippen LogP contribution < -0.4 is 10.5 Å². The van der Waals surface area contributed by atoms with Crippen molar-refractivity contribution in [1.29, 1.82) is 0 Å². The molecule has 0 aromatic heterocycles. The van der Waals surface area contributed by atoms with Crippen LogP contribution in [0.15, 0.2) is 30.9 Å². The molecule has 1 atom stereocenters. The summed E-state index contributed by atoms with van der Waals surface area (Å²) in [6, 6.07) is 6.22. The zero-order valence-corrected chi connectivity index (χ0v) is 11.6. The highest BCUT2D eigenvalue weighted by Crippen LogP contribution is 2.25. The van der Waals surface area contributed by atoms with Crippen LogP contribution in [0.2, 0.25) is 0 Å². The van der Waals surface area contributed by atoms with Gasteiger partial charge in [-0.3, -0.25) is 0 Å². The van der Waals surface area contributed by atoms with Gasteiger partial charge in [-0.15, -0.1) is 6.58 Å². The molecule has 1 aromatic carbocycles. The van der Waals surface area contributed by atoms with Crippen LogP contribution >= 0.6 is 0 Å². The molecule has 0 aliphatic rings. The number of rotatable bonds is 8. The van der Waals surface area contributed by atoms with E-state index < -0.39 is 0 Å². The molecular formula is C16H25NO. The Hall–Kier alpha value is -1.28. The van der Waals surface area contributed by atoms with Crippen molar-refractivity contribution >= 4 is 0 Å². The number of hydrogen-bond donors (Lipinski definition) is 1. The van der Waals surface area contributed by atoms with Crippen LogP contribution in [-0.2, 0) is 0 Å². The second-order valence-corrected chi connectivity index (χ2v) is 4.82. The Morgan fingerprint density at radius 2 is 2.11 bits per heavy atom. The molecule has 0 aliphatic carbocycles. The average molecular weight is 247 g/mol. The van der Waals surface area contributed by atoms with E-state index in [1.165, 1.54) is 18.4 Å². The van der Waals surface area contributed by atoms with Crippen molar-refractivity contribution in [3.63, 3.8) is 0 Å². The first-order valence-electron chi connectivity index (χ1n) is 6.75. The van der Waals surface area contributed by atoms with Gasteiger partial charge in [0.2, 0.25) is 0 Å². The molecule has 1 rings (SSSR count). The molecule has 0 unspecified atom stereocenters. The quantitative estimate of drug-likeness (QED) is 0.553. The summed E-state index contributed by atoms with van der Waals surface area (Å²) in [7, 11) is 0. The Kier molecular flexibility index (Phi) is 6.51. The maximum absolute atomic E-state index is 5.96. The average Bonchev–Trinajstić information content (AvgIpc) is 2.35. The molecule has 0 bridgehead atoms. The van der Waals surface area contributed by atoms with Gasteiger partial charge in [-0.05, 0) is 45.6 Å². The third-order valence-corrected chi connectivity index (χ3v) is 2.97. The highest BCUT2D eigenvalue weighted by atomic mass is 16.5. The summed E-state index contributed by atoms with van der Waals surface area (Å²) in [6.07, 6.45) is 6.52. The Morgan fingerprint density at radius 3 is 2.78 bits per heavy atom. The van der Waals surface area contributed by atoms with Crippen LogP contribution in [0.25, 0.3) is 0 Å². The van der Waals surface area contributed by atoms with Gasteiger partial charge in [-0.25, -0.2) is 0 Å². The van der Waals surface area contributed by atoms with E-state index in [-0.39, 0.29) is 6.04 Å². The molecule has 2 N–H and O–H groups in total. The summed E-state index contributed by atoms with van der Waals surface area (Å²) < 4.78 is 5.83. The van der Waals surface area contributed by atoms with E-state index in [9.17, 15) is 0 Å². The van der Waals surface area contributed by atoms with Gasteiger partial charge in [0, 0.05) is 11.6 Å². The van der Waals surface area contributed by atoms with Crippen molar-refractivity contribution in [2.45, 2.75) is 45.6 Å². The largest absolute Gasteiger partial charge is 0.493 e. The lowest BCUT2D eigenvalue weighted by molar-refractivity contribution is 0.301. The molecule has 2 heteroatoms. The number of benzene rings is 1. The molecule has 0 aliphatic heterocycles. The Labute approximate surface area is 111 Å². The van der Waals surface area contributed by atoms with Gasteiger partial charge in [0.1, 0.15) is 5.75 Å². The van der Waals surface area contributed by atoms with Crippen LogP contribution in [0, 0.1) is 6.92 Å². The molecular weight excluding hydrogens is 222 g/mol. The highest BCUT2D eigenvalue weighted by molar-refractivity contribution is 5.38. The normalized spacial score (nSPS) is 12.2. The first-order chi connectivity index (χ1) is 8.65. The van der Waals surface area contributed by atoms with E-state index in [4.69, 9.17) is 10.5 Å². The first kappa shape index (κ1) is 14.8. The molecule has 0 fully saturated rings. The van der Waals surface area contributed by atoms with Crippen molar-refractivity contribution in [3.05, 3.63) is 42.0 Å². The summed E-state index contributed by atoms with van der Waals surface area (Å²) in [6.45, 7) is 8.55. The fourth-order valence-corrected chi connectivity index (χ4v) is 1.90. The van der Waals surface area contributed by atoms with Crippen molar-refractivity contribution < 1.29 is 4.74 Å². The third-order valence-electron chi connectivity index (χ3n) is 2.97. The molecule has 2 nitrogen and oxygen atoms in total. The van der Waals surface area contributed by atoms with Crippen molar-refractivity contribution in [2.24, 2.45) is 5.73 Å². The lowest BCUT2D eigenvalue weighted by Crippen LogP contribution is -2.09. The summed E-state index contributed by atoms with van der Waals surface area (Å²) in [4.78, 5) is 0. The molecule has 0 saturated carbocycles. The Balaban J connectivity index is 2.44. The molecule has 18 heavy (non-hydrogen) atoms. The van der Waals surface area contributed by atoms with Crippen molar-refractivity contribution in [2.75, 3.05) is 6.61 Å². The van der Waals surface area contributed by atoms with Crippen LogP contribution in [0.1, 0.15) is 49.8 Å². The van der Waals surface area contributed by atoms with E-state index in [0.29, 0.717) is 0 Å². The molecule has 1 aromatic rings. The second kappa shape index (κ2) is 7.93. The molecule has 0 heterocycles. The Bertz CT molecular complexity index is 371. The maximum atomic E-state index is 5.96. The van der Waals surface area contributed by atoms with Crippen LogP contribution in [0.3, 0.4) is 0 Å². The van der Waals surface area contributed by atoms with E-state index in [1.807, 2.05) is 19.1 Å². The van der Waals surface area contributed by atoms with Crippen molar-refractivity contribution in [3.8, 4) is 5.75 Å². The van der Waals surface area contributed by atoms with Gasteiger partial charge < -0.3 is 10.5 Å². The number of allylic oxidation sites excluding steroid dienone is 1. The van der Waals surface area contributed by atoms with E-state index in [1.54, 1.807) is 0 Å². The zero-order chi connectivity index (χ0) is 13.4. The van der Waals surface area contributed by atoms with Crippen LogP contribution in [0.4, 0.5) is 0 Å². The molecule has 0 amide bonds. The smallest absolute Gasteiger partial charge is 0.124 e. The molecule has 100 valence electrons. The number of unbranched alkanes of at least 4 members (excludes halogenated alkanes) is 3. The monoisotopic (exact) mass is 247 g/mol. The SMILES string of the molecule is C=CCCCCCOc1ccc(C)cc1[C@@H](C)N. The van der Waals surface area contributed by atoms with Gasteiger partial charge >= 0.3 is 0 Å². The molecule has 0 spiro atoms. The fraction of sp³-hybridized carbons (Fsp3) is 0.500. The lowest BCUT2D eigenvalue weighted by atomic mass is 10.1. The summed E-state index contributed by atoms with van der Waals surface area (Å²) in [5, 5.41) is 0. The van der Waals surface area contributed by atoms with Crippen LogP contribution in [-0.4, -0.2) is 6.61 Å². The molecule has 0 saturated heterocycles. The summed E-state index contributed by atoms with van der Waals surface area (Å²) >= 11 is 0. The lowest BCUT2D eigenvalue weighted by Gasteiger charge is -2.14. The summed E-state index contributed by atoms with van der Waals surface area (Å²) in [5.41, 5.74) is 8.28. The maximum Gasteiger partial charge on any atom is 0.124 e. The van der Waals surface area contributed by atoms with Gasteiger partial charge in [0.25, 0.3) is 0 Å². The fourth-order valence-electron chi connectivity index (χ4n) is 1.90. The minimum atomic E-state index is 0.0145. The standard InChI is InChI=1S/C16H25NO/c1-4-5-6-7-8-11-18-16-10-9-13(2)12-15(16)14(3)17/h4,9-10,12,14H,1,5-8,11,17H2,2-3H3/t14-/m1/s1. The van der Waals surface area contributed by atoms with E-state index in [2.05, 4.69) is 25.6 Å². The van der Waals surface area contributed by atoms with Crippen molar-refractivity contribution in [1.82, 2.24) is 0 Å².